The Morgan fingerprint density at radius 2 is 1.95 bits per heavy atom. The molecule has 110 valence electrons. The van der Waals surface area contributed by atoms with Gasteiger partial charge in [-0.1, -0.05) is 34.6 Å². The number of hydrogen-bond acceptors (Lipinski definition) is 1. The van der Waals surface area contributed by atoms with Crippen LogP contribution in [0.5, 0.6) is 0 Å². The molecule has 0 aromatic heterocycles. The third kappa shape index (κ3) is 2.13. The van der Waals surface area contributed by atoms with Crippen LogP contribution in [0.4, 0.5) is 4.39 Å². The number of carboxylic acids is 1. The third-order valence-corrected chi connectivity index (χ3v) is 4.82. The predicted molar refractivity (Wildman–Crippen MR) is 77.6 cm³/mol. The first-order chi connectivity index (χ1) is 9.11. The van der Waals surface area contributed by atoms with E-state index in [0.717, 1.165) is 23.1 Å². The average molecular weight is 278 g/mol. The van der Waals surface area contributed by atoms with Crippen LogP contribution < -0.4 is 0 Å². The molecule has 1 aliphatic rings. The van der Waals surface area contributed by atoms with Gasteiger partial charge in [-0.25, -0.2) is 4.39 Å². The van der Waals surface area contributed by atoms with Gasteiger partial charge in [0.15, 0.2) is 0 Å². The zero-order valence-electron chi connectivity index (χ0n) is 12.9. The summed E-state index contributed by atoms with van der Waals surface area (Å²) in [7, 11) is 0. The van der Waals surface area contributed by atoms with Crippen LogP contribution in [0, 0.1) is 11.7 Å². The Labute approximate surface area is 120 Å². The second-order valence-electron chi connectivity index (χ2n) is 7.04. The molecular weight excluding hydrogens is 255 g/mol. The van der Waals surface area contributed by atoms with Gasteiger partial charge in [0.25, 0.3) is 0 Å². The number of rotatable bonds is 2. The van der Waals surface area contributed by atoms with Gasteiger partial charge in [0.05, 0.1) is 5.92 Å². The molecule has 1 unspecified atom stereocenters. The third-order valence-electron chi connectivity index (χ3n) is 4.82. The molecule has 0 heterocycles. The Balaban J connectivity index is 2.78. The Morgan fingerprint density at radius 3 is 2.45 bits per heavy atom. The Bertz CT molecular complexity index is 558. The molecule has 1 aromatic carbocycles. The summed E-state index contributed by atoms with van der Waals surface area (Å²) in [5.41, 5.74) is 2.21. The molecule has 1 atom stereocenters. The summed E-state index contributed by atoms with van der Waals surface area (Å²) in [6.07, 6.45) is 1.35. The minimum atomic E-state index is -0.795. The number of benzene rings is 1. The first-order valence-corrected chi connectivity index (χ1v) is 7.17. The first kappa shape index (κ1) is 15.0. The van der Waals surface area contributed by atoms with Gasteiger partial charge < -0.3 is 5.11 Å². The fraction of sp³-hybridized carbons (Fsp3) is 0.588. The van der Waals surface area contributed by atoms with Crippen LogP contribution in [0.3, 0.4) is 0 Å². The maximum atomic E-state index is 13.9. The van der Waals surface area contributed by atoms with E-state index >= 15 is 0 Å². The molecule has 0 fully saturated rings. The lowest BCUT2D eigenvalue weighted by molar-refractivity contribution is -0.145. The van der Waals surface area contributed by atoms with E-state index < -0.39 is 17.3 Å². The van der Waals surface area contributed by atoms with E-state index in [-0.39, 0.29) is 11.2 Å². The quantitative estimate of drug-likeness (QED) is 0.886. The SMILES string of the molecule is CCc1cc(F)cc2c1C(C)(C)CC(C(=O)O)C2(C)C. The maximum absolute atomic E-state index is 13.9. The summed E-state index contributed by atoms with van der Waals surface area (Å²) in [5.74, 6) is -1.55. The smallest absolute Gasteiger partial charge is 0.307 e. The van der Waals surface area contributed by atoms with Crippen LogP contribution in [0.15, 0.2) is 12.1 Å². The van der Waals surface area contributed by atoms with E-state index in [1.807, 2.05) is 20.8 Å². The summed E-state index contributed by atoms with van der Waals surface area (Å²) in [5, 5.41) is 9.53. The molecular formula is C17H23FO2. The second kappa shape index (κ2) is 4.57. The van der Waals surface area contributed by atoms with Gasteiger partial charge in [0.2, 0.25) is 0 Å². The average Bonchev–Trinajstić information content (AvgIpc) is 2.32. The van der Waals surface area contributed by atoms with Crippen molar-refractivity contribution < 1.29 is 14.3 Å². The monoisotopic (exact) mass is 278 g/mol. The van der Waals surface area contributed by atoms with Gasteiger partial charge in [-0.15, -0.1) is 0 Å². The maximum Gasteiger partial charge on any atom is 0.307 e. The van der Waals surface area contributed by atoms with E-state index in [2.05, 4.69) is 13.8 Å². The van der Waals surface area contributed by atoms with Crippen molar-refractivity contribution in [1.29, 1.82) is 0 Å². The molecule has 0 saturated carbocycles. The molecule has 3 heteroatoms. The Morgan fingerprint density at radius 1 is 1.35 bits per heavy atom. The van der Waals surface area contributed by atoms with E-state index in [1.165, 1.54) is 6.07 Å². The van der Waals surface area contributed by atoms with Crippen molar-refractivity contribution in [2.45, 2.75) is 58.3 Å². The second-order valence-corrected chi connectivity index (χ2v) is 7.04. The van der Waals surface area contributed by atoms with E-state index in [0.29, 0.717) is 6.42 Å². The van der Waals surface area contributed by atoms with Crippen LogP contribution in [0.2, 0.25) is 0 Å². The van der Waals surface area contributed by atoms with Crippen molar-refractivity contribution in [3.63, 3.8) is 0 Å². The normalized spacial score (nSPS) is 23.2. The first-order valence-electron chi connectivity index (χ1n) is 7.17. The Kier molecular flexibility index (Phi) is 3.43. The summed E-state index contributed by atoms with van der Waals surface area (Å²) in [6, 6.07) is 3.13. The van der Waals surface area contributed by atoms with Gasteiger partial charge >= 0.3 is 5.97 Å². The van der Waals surface area contributed by atoms with Gasteiger partial charge in [-0.3, -0.25) is 4.79 Å². The van der Waals surface area contributed by atoms with Crippen molar-refractivity contribution >= 4 is 5.97 Å². The van der Waals surface area contributed by atoms with Gasteiger partial charge in [0, 0.05) is 5.41 Å². The zero-order chi connectivity index (χ0) is 15.3. The fourth-order valence-electron chi connectivity index (χ4n) is 3.70. The highest BCUT2D eigenvalue weighted by atomic mass is 19.1. The zero-order valence-corrected chi connectivity index (χ0v) is 12.9. The number of halogens is 1. The molecule has 2 rings (SSSR count). The molecule has 0 amide bonds. The summed E-state index contributed by atoms with van der Waals surface area (Å²) in [6.45, 7) is 9.97. The molecule has 0 spiro atoms. The number of hydrogen-bond donors (Lipinski definition) is 1. The number of aryl methyl sites for hydroxylation is 1. The number of aliphatic carboxylic acids is 1. The van der Waals surface area contributed by atoms with E-state index in [4.69, 9.17) is 0 Å². The largest absolute Gasteiger partial charge is 0.481 e. The topological polar surface area (TPSA) is 37.3 Å². The molecule has 20 heavy (non-hydrogen) atoms. The lowest BCUT2D eigenvalue weighted by atomic mass is 9.56. The number of fused-ring (bicyclic) bond motifs is 1. The van der Waals surface area contributed by atoms with Crippen molar-refractivity contribution in [2.24, 2.45) is 5.92 Å². The van der Waals surface area contributed by atoms with Crippen molar-refractivity contribution in [1.82, 2.24) is 0 Å². The molecule has 0 saturated heterocycles. The summed E-state index contributed by atoms with van der Waals surface area (Å²) < 4.78 is 13.9. The summed E-state index contributed by atoms with van der Waals surface area (Å²) >= 11 is 0. The Hall–Kier alpha value is -1.38. The lowest BCUT2D eigenvalue weighted by Crippen LogP contribution is -2.45. The van der Waals surface area contributed by atoms with E-state index in [1.54, 1.807) is 6.07 Å². The van der Waals surface area contributed by atoms with E-state index in [9.17, 15) is 14.3 Å². The molecule has 2 nitrogen and oxygen atoms in total. The van der Waals surface area contributed by atoms with Crippen LogP contribution in [0.1, 0.15) is 57.7 Å². The molecule has 0 bridgehead atoms. The van der Waals surface area contributed by atoms with Crippen LogP contribution in [-0.4, -0.2) is 11.1 Å². The molecule has 1 N–H and O–H groups in total. The highest BCUT2D eigenvalue weighted by Crippen LogP contribution is 2.50. The van der Waals surface area contributed by atoms with Gasteiger partial charge in [-0.05, 0) is 47.1 Å². The molecule has 0 aliphatic heterocycles. The lowest BCUT2D eigenvalue weighted by Gasteiger charge is -2.46. The van der Waals surface area contributed by atoms with Crippen LogP contribution in [-0.2, 0) is 22.0 Å². The van der Waals surface area contributed by atoms with Crippen molar-refractivity contribution in [2.75, 3.05) is 0 Å². The van der Waals surface area contributed by atoms with Crippen molar-refractivity contribution in [3.8, 4) is 0 Å². The standard InChI is InChI=1S/C17H23FO2/c1-6-10-7-11(18)8-12-14(10)16(2,3)9-13(15(19)20)17(12,4)5/h7-8,13H,6,9H2,1-5H3,(H,19,20). The van der Waals surface area contributed by atoms with Crippen LogP contribution in [0.25, 0.3) is 0 Å². The minimum absolute atomic E-state index is 0.243. The fourth-order valence-corrected chi connectivity index (χ4v) is 3.70. The minimum Gasteiger partial charge on any atom is -0.481 e. The highest BCUT2D eigenvalue weighted by molar-refractivity contribution is 5.74. The molecule has 1 aromatic rings. The van der Waals surface area contributed by atoms with Gasteiger partial charge in [-0.2, -0.15) is 0 Å². The van der Waals surface area contributed by atoms with Crippen molar-refractivity contribution in [3.05, 3.63) is 34.6 Å². The molecule has 1 aliphatic carbocycles. The number of carbonyl (C=O) groups is 1. The van der Waals surface area contributed by atoms with Gasteiger partial charge in [0.1, 0.15) is 5.82 Å². The predicted octanol–water partition coefficient (Wildman–Crippen LogP) is 4.05. The number of carboxylic acid groups (broad SMARTS) is 1. The summed E-state index contributed by atoms with van der Waals surface area (Å²) in [4.78, 5) is 11.6. The molecule has 0 radical (unpaired) electrons. The van der Waals surface area contributed by atoms with Crippen LogP contribution >= 0.6 is 0 Å². The highest BCUT2D eigenvalue weighted by Gasteiger charge is 2.48.